The molecule has 0 saturated heterocycles. The highest BCUT2D eigenvalue weighted by Gasteiger charge is 2.08. The molecule has 0 aliphatic carbocycles. The summed E-state index contributed by atoms with van der Waals surface area (Å²) in [5, 5.41) is 3.23. The molecule has 0 bridgehead atoms. The zero-order valence-corrected chi connectivity index (χ0v) is 9.71. The fraction of sp³-hybridized carbons (Fsp3) is 0.500. The van der Waals surface area contributed by atoms with Crippen molar-refractivity contribution >= 4 is 5.69 Å². The number of alkyl halides is 2. The number of ether oxygens (including phenoxy) is 1. The Labute approximate surface area is 94.6 Å². The lowest BCUT2D eigenvalue weighted by Gasteiger charge is -2.19. The summed E-state index contributed by atoms with van der Waals surface area (Å²) in [5.74, 6) is 0.649. The van der Waals surface area contributed by atoms with E-state index in [1.165, 1.54) is 6.07 Å². The van der Waals surface area contributed by atoms with E-state index in [0.29, 0.717) is 5.92 Å². The van der Waals surface area contributed by atoms with Crippen LogP contribution >= 0.6 is 0 Å². The first-order chi connectivity index (χ1) is 7.49. The summed E-state index contributed by atoms with van der Waals surface area (Å²) in [6.07, 6.45) is 0. The van der Waals surface area contributed by atoms with E-state index < -0.39 is 6.61 Å². The second-order valence-electron chi connectivity index (χ2n) is 4.08. The summed E-state index contributed by atoms with van der Waals surface area (Å²) in [4.78, 5) is 0. The molecule has 1 unspecified atom stereocenters. The number of benzene rings is 1. The van der Waals surface area contributed by atoms with E-state index in [0.717, 1.165) is 5.69 Å². The standard InChI is InChI=1S/C12H17F2NO/c1-8(2)9(3)15-10-5-4-6-11(7-10)16-12(13)14/h4-9,12,15H,1-3H3. The first-order valence-corrected chi connectivity index (χ1v) is 5.30. The molecular formula is C12H17F2NO. The van der Waals surface area contributed by atoms with Gasteiger partial charge in [-0.15, -0.1) is 0 Å². The van der Waals surface area contributed by atoms with Gasteiger partial charge in [-0.2, -0.15) is 8.78 Å². The predicted octanol–water partition coefficient (Wildman–Crippen LogP) is 3.74. The van der Waals surface area contributed by atoms with Crippen LogP contribution in [0.15, 0.2) is 24.3 Å². The van der Waals surface area contributed by atoms with Crippen molar-refractivity contribution in [1.29, 1.82) is 0 Å². The molecule has 16 heavy (non-hydrogen) atoms. The van der Waals surface area contributed by atoms with Crippen LogP contribution in [0.25, 0.3) is 0 Å². The number of halogens is 2. The molecule has 0 spiro atoms. The first kappa shape index (κ1) is 12.7. The van der Waals surface area contributed by atoms with Gasteiger partial charge in [0.15, 0.2) is 0 Å². The van der Waals surface area contributed by atoms with Gasteiger partial charge in [-0.1, -0.05) is 19.9 Å². The highest BCUT2D eigenvalue weighted by molar-refractivity contribution is 5.48. The Balaban J connectivity index is 2.67. The predicted molar refractivity (Wildman–Crippen MR) is 61.0 cm³/mol. The topological polar surface area (TPSA) is 21.3 Å². The Morgan fingerprint density at radius 1 is 1.19 bits per heavy atom. The third-order valence-electron chi connectivity index (χ3n) is 2.45. The minimum atomic E-state index is -2.78. The minimum Gasteiger partial charge on any atom is -0.435 e. The molecule has 0 radical (unpaired) electrons. The molecule has 2 nitrogen and oxygen atoms in total. The molecule has 4 heteroatoms. The number of rotatable bonds is 5. The van der Waals surface area contributed by atoms with Crippen molar-refractivity contribution < 1.29 is 13.5 Å². The average Bonchev–Trinajstić information content (AvgIpc) is 2.16. The number of hydrogen-bond donors (Lipinski definition) is 1. The van der Waals surface area contributed by atoms with E-state index in [1.807, 2.05) is 13.0 Å². The lowest BCUT2D eigenvalue weighted by Crippen LogP contribution is -2.21. The van der Waals surface area contributed by atoms with Crippen molar-refractivity contribution in [2.24, 2.45) is 5.92 Å². The van der Waals surface area contributed by atoms with Crippen LogP contribution in [-0.2, 0) is 0 Å². The van der Waals surface area contributed by atoms with Crippen LogP contribution < -0.4 is 10.1 Å². The van der Waals surface area contributed by atoms with Crippen molar-refractivity contribution in [2.75, 3.05) is 5.32 Å². The van der Waals surface area contributed by atoms with Gasteiger partial charge in [0.25, 0.3) is 0 Å². The van der Waals surface area contributed by atoms with Gasteiger partial charge in [0.1, 0.15) is 5.75 Å². The van der Waals surface area contributed by atoms with Gasteiger partial charge in [-0.3, -0.25) is 0 Å². The molecule has 0 aliphatic heterocycles. The third kappa shape index (κ3) is 4.04. The molecule has 0 fully saturated rings. The van der Waals surface area contributed by atoms with Crippen LogP contribution in [0.3, 0.4) is 0 Å². The summed E-state index contributed by atoms with van der Waals surface area (Å²) in [5.41, 5.74) is 0.791. The maximum Gasteiger partial charge on any atom is 0.387 e. The Morgan fingerprint density at radius 3 is 2.44 bits per heavy atom. The van der Waals surface area contributed by atoms with Crippen molar-refractivity contribution in [3.05, 3.63) is 24.3 Å². The number of anilines is 1. The lowest BCUT2D eigenvalue weighted by molar-refractivity contribution is -0.0498. The Morgan fingerprint density at radius 2 is 1.88 bits per heavy atom. The van der Waals surface area contributed by atoms with E-state index >= 15 is 0 Å². The summed E-state index contributed by atoms with van der Waals surface area (Å²) < 4.78 is 28.3. The molecule has 1 rings (SSSR count). The van der Waals surface area contributed by atoms with Gasteiger partial charge in [-0.05, 0) is 25.0 Å². The SMILES string of the molecule is CC(C)C(C)Nc1cccc(OC(F)F)c1. The second-order valence-corrected chi connectivity index (χ2v) is 4.08. The monoisotopic (exact) mass is 229 g/mol. The molecule has 90 valence electrons. The van der Waals surface area contributed by atoms with Crippen molar-refractivity contribution in [1.82, 2.24) is 0 Å². The van der Waals surface area contributed by atoms with Crippen LogP contribution in [0.5, 0.6) is 5.75 Å². The van der Waals surface area contributed by atoms with Crippen molar-refractivity contribution in [3.63, 3.8) is 0 Å². The van der Waals surface area contributed by atoms with Crippen molar-refractivity contribution in [3.8, 4) is 5.75 Å². The van der Waals surface area contributed by atoms with Gasteiger partial charge in [0, 0.05) is 17.8 Å². The van der Waals surface area contributed by atoms with E-state index in [9.17, 15) is 8.78 Å². The van der Waals surface area contributed by atoms with Crippen LogP contribution in [0.2, 0.25) is 0 Å². The highest BCUT2D eigenvalue weighted by atomic mass is 19.3. The molecule has 1 aromatic carbocycles. The minimum absolute atomic E-state index is 0.177. The molecule has 1 N–H and O–H groups in total. The molecule has 0 aliphatic rings. The highest BCUT2D eigenvalue weighted by Crippen LogP contribution is 2.20. The van der Waals surface area contributed by atoms with Crippen molar-refractivity contribution in [2.45, 2.75) is 33.4 Å². The third-order valence-corrected chi connectivity index (χ3v) is 2.45. The van der Waals surface area contributed by atoms with Crippen LogP contribution in [0.4, 0.5) is 14.5 Å². The maximum absolute atomic E-state index is 12.0. The average molecular weight is 229 g/mol. The van der Waals surface area contributed by atoms with Gasteiger partial charge in [0.2, 0.25) is 0 Å². The molecule has 1 atom stereocenters. The van der Waals surface area contributed by atoms with E-state index in [4.69, 9.17) is 0 Å². The van der Waals surface area contributed by atoms with Gasteiger partial charge < -0.3 is 10.1 Å². The molecule has 0 saturated carbocycles. The number of hydrogen-bond acceptors (Lipinski definition) is 2. The molecule has 0 amide bonds. The second kappa shape index (κ2) is 5.68. The fourth-order valence-electron chi connectivity index (χ4n) is 1.19. The largest absolute Gasteiger partial charge is 0.435 e. The van der Waals surface area contributed by atoms with Crippen LogP contribution in [-0.4, -0.2) is 12.7 Å². The van der Waals surface area contributed by atoms with Crippen LogP contribution in [0.1, 0.15) is 20.8 Å². The first-order valence-electron chi connectivity index (χ1n) is 5.30. The normalized spacial score (nSPS) is 12.9. The van der Waals surface area contributed by atoms with Crippen LogP contribution in [0, 0.1) is 5.92 Å². The van der Waals surface area contributed by atoms with E-state index in [-0.39, 0.29) is 11.8 Å². The number of nitrogens with one attached hydrogen (secondary N) is 1. The summed E-state index contributed by atoms with van der Waals surface area (Å²) >= 11 is 0. The smallest absolute Gasteiger partial charge is 0.387 e. The van der Waals surface area contributed by atoms with Gasteiger partial charge in [0.05, 0.1) is 0 Å². The molecule has 0 aromatic heterocycles. The molecular weight excluding hydrogens is 212 g/mol. The Hall–Kier alpha value is -1.32. The van der Waals surface area contributed by atoms with Gasteiger partial charge >= 0.3 is 6.61 Å². The zero-order valence-electron chi connectivity index (χ0n) is 9.71. The molecule has 1 aromatic rings. The zero-order chi connectivity index (χ0) is 12.1. The molecule has 0 heterocycles. The lowest BCUT2D eigenvalue weighted by atomic mass is 10.1. The Kier molecular flexibility index (Phi) is 4.52. The van der Waals surface area contributed by atoms with Gasteiger partial charge in [-0.25, -0.2) is 0 Å². The Bertz CT molecular complexity index is 329. The summed E-state index contributed by atoms with van der Waals surface area (Å²) in [7, 11) is 0. The summed E-state index contributed by atoms with van der Waals surface area (Å²) in [6, 6.07) is 6.88. The maximum atomic E-state index is 12.0. The quantitative estimate of drug-likeness (QED) is 0.830. The fourth-order valence-corrected chi connectivity index (χ4v) is 1.19. The van der Waals surface area contributed by atoms with E-state index in [1.54, 1.807) is 12.1 Å². The summed E-state index contributed by atoms with van der Waals surface area (Å²) in [6.45, 7) is 3.46. The van der Waals surface area contributed by atoms with E-state index in [2.05, 4.69) is 23.9 Å².